The van der Waals surface area contributed by atoms with E-state index in [2.05, 4.69) is 10.3 Å². The van der Waals surface area contributed by atoms with Gasteiger partial charge in [0.05, 0.1) is 12.1 Å². The topological polar surface area (TPSA) is 45.2 Å². The number of aliphatic hydroxyl groups is 1. The van der Waals surface area contributed by atoms with Crippen LogP contribution >= 0.6 is 0 Å². The summed E-state index contributed by atoms with van der Waals surface area (Å²) in [4.78, 5) is 4.08. The Kier molecular flexibility index (Phi) is 3.44. The van der Waals surface area contributed by atoms with Gasteiger partial charge in [-0.3, -0.25) is 4.98 Å². The molecule has 0 aromatic carbocycles. The summed E-state index contributed by atoms with van der Waals surface area (Å²) in [6, 6.07) is 1.99. The first-order valence-corrected chi connectivity index (χ1v) is 6.05. The predicted octanol–water partition coefficient (Wildman–Crippen LogP) is 2.50. The van der Waals surface area contributed by atoms with E-state index in [4.69, 9.17) is 0 Å². The van der Waals surface area contributed by atoms with E-state index in [0.717, 1.165) is 24.1 Å². The Balaban J connectivity index is 2.15. The highest BCUT2D eigenvalue weighted by molar-refractivity contribution is 5.50. The van der Waals surface area contributed by atoms with E-state index in [1.165, 1.54) is 19.3 Å². The lowest BCUT2D eigenvalue weighted by Gasteiger charge is -2.37. The van der Waals surface area contributed by atoms with Crippen molar-refractivity contribution in [2.75, 3.05) is 11.9 Å². The summed E-state index contributed by atoms with van der Waals surface area (Å²) < 4.78 is 0. The standard InChI is InChI=1S/C13H20N2O/c1-11-9-14-8-5-12(11)15-13(10-16)6-3-2-4-7-13/h5,8-9,16H,2-4,6-7,10H2,1H3,(H,14,15). The molecule has 1 aliphatic rings. The fourth-order valence-electron chi connectivity index (χ4n) is 2.45. The normalized spacial score (nSPS) is 19.4. The first-order chi connectivity index (χ1) is 7.76. The molecule has 0 amide bonds. The van der Waals surface area contributed by atoms with Gasteiger partial charge in [0.25, 0.3) is 0 Å². The molecular weight excluding hydrogens is 200 g/mol. The molecule has 1 heterocycles. The van der Waals surface area contributed by atoms with Gasteiger partial charge in [0.15, 0.2) is 0 Å². The Bertz CT molecular complexity index is 346. The maximum absolute atomic E-state index is 9.62. The van der Waals surface area contributed by atoms with Crippen LogP contribution in [-0.4, -0.2) is 22.2 Å². The molecule has 2 rings (SSSR count). The summed E-state index contributed by atoms with van der Waals surface area (Å²) in [5, 5.41) is 13.1. The molecule has 1 aliphatic carbocycles. The Hall–Kier alpha value is -1.09. The van der Waals surface area contributed by atoms with Gasteiger partial charge in [-0.2, -0.15) is 0 Å². The second-order valence-corrected chi connectivity index (χ2v) is 4.81. The monoisotopic (exact) mass is 220 g/mol. The third-order valence-electron chi connectivity index (χ3n) is 3.53. The van der Waals surface area contributed by atoms with Crippen molar-refractivity contribution in [2.45, 2.75) is 44.6 Å². The van der Waals surface area contributed by atoms with Gasteiger partial charge in [0, 0.05) is 18.1 Å². The van der Waals surface area contributed by atoms with Crippen LogP contribution in [0.25, 0.3) is 0 Å². The van der Waals surface area contributed by atoms with Gasteiger partial charge in [0.2, 0.25) is 0 Å². The summed E-state index contributed by atoms with van der Waals surface area (Å²) in [6.45, 7) is 2.26. The summed E-state index contributed by atoms with van der Waals surface area (Å²) in [6.07, 6.45) is 9.48. The molecule has 0 aliphatic heterocycles. The number of aryl methyl sites for hydroxylation is 1. The van der Waals surface area contributed by atoms with Crippen molar-refractivity contribution < 1.29 is 5.11 Å². The van der Waals surface area contributed by atoms with Crippen LogP contribution in [0.15, 0.2) is 18.5 Å². The minimum Gasteiger partial charge on any atom is -0.394 e. The molecule has 0 saturated heterocycles. The van der Waals surface area contributed by atoms with Crippen LogP contribution in [0.2, 0.25) is 0 Å². The van der Waals surface area contributed by atoms with E-state index < -0.39 is 0 Å². The van der Waals surface area contributed by atoms with E-state index in [0.29, 0.717) is 0 Å². The maximum atomic E-state index is 9.62. The van der Waals surface area contributed by atoms with Crippen molar-refractivity contribution in [1.29, 1.82) is 0 Å². The molecule has 1 aromatic rings. The van der Waals surface area contributed by atoms with Gasteiger partial charge in [-0.05, 0) is 31.4 Å². The Morgan fingerprint density at radius 2 is 2.12 bits per heavy atom. The largest absolute Gasteiger partial charge is 0.394 e. The minimum absolute atomic E-state index is 0.107. The molecule has 3 heteroatoms. The van der Waals surface area contributed by atoms with Gasteiger partial charge < -0.3 is 10.4 Å². The summed E-state index contributed by atoms with van der Waals surface area (Å²) >= 11 is 0. The van der Waals surface area contributed by atoms with E-state index in [1.54, 1.807) is 6.20 Å². The average molecular weight is 220 g/mol. The van der Waals surface area contributed by atoms with Crippen molar-refractivity contribution in [1.82, 2.24) is 4.98 Å². The summed E-state index contributed by atoms with van der Waals surface area (Å²) in [5.74, 6) is 0. The SMILES string of the molecule is Cc1cnccc1NC1(CO)CCCCC1. The highest BCUT2D eigenvalue weighted by Crippen LogP contribution is 2.31. The zero-order chi connectivity index (χ0) is 11.4. The number of hydrogen-bond acceptors (Lipinski definition) is 3. The number of nitrogens with zero attached hydrogens (tertiary/aromatic N) is 1. The fraction of sp³-hybridized carbons (Fsp3) is 0.615. The molecule has 1 saturated carbocycles. The molecule has 2 N–H and O–H groups in total. The average Bonchev–Trinajstić information content (AvgIpc) is 2.33. The number of anilines is 1. The van der Waals surface area contributed by atoms with Crippen molar-refractivity contribution in [3.8, 4) is 0 Å². The van der Waals surface area contributed by atoms with Crippen LogP contribution in [0.4, 0.5) is 5.69 Å². The van der Waals surface area contributed by atoms with Gasteiger partial charge in [-0.15, -0.1) is 0 Å². The number of rotatable bonds is 3. The number of aliphatic hydroxyl groups excluding tert-OH is 1. The smallest absolute Gasteiger partial charge is 0.0661 e. The number of hydrogen-bond donors (Lipinski definition) is 2. The Labute approximate surface area is 96.9 Å². The lowest BCUT2D eigenvalue weighted by Crippen LogP contribution is -2.44. The molecule has 0 unspecified atom stereocenters. The van der Waals surface area contributed by atoms with Gasteiger partial charge in [-0.25, -0.2) is 0 Å². The molecular formula is C13H20N2O. The highest BCUT2D eigenvalue weighted by Gasteiger charge is 2.31. The lowest BCUT2D eigenvalue weighted by atomic mass is 9.82. The maximum Gasteiger partial charge on any atom is 0.0661 e. The molecule has 1 aromatic heterocycles. The van der Waals surface area contributed by atoms with Gasteiger partial charge >= 0.3 is 0 Å². The Morgan fingerprint density at radius 3 is 2.75 bits per heavy atom. The van der Waals surface area contributed by atoms with E-state index in [9.17, 15) is 5.11 Å². The molecule has 0 atom stereocenters. The first-order valence-electron chi connectivity index (χ1n) is 6.05. The highest BCUT2D eigenvalue weighted by atomic mass is 16.3. The molecule has 88 valence electrons. The van der Waals surface area contributed by atoms with E-state index >= 15 is 0 Å². The van der Waals surface area contributed by atoms with Crippen LogP contribution in [0.5, 0.6) is 0 Å². The molecule has 0 radical (unpaired) electrons. The van der Waals surface area contributed by atoms with Gasteiger partial charge in [-0.1, -0.05) is 19.3 Å². The molecule has 16 heavy (non-hydrogen) atoms. The van der Waals surface area contributed by atoms with E-state index in [1.807, 2.05) is 19.2 Å². The molecule has 0 spiro atoms. The zero-order valence-corrected chi connectivity index (χ0v) is 9.87. The minimum atomic E-state index is -0.107. The third-order valence-corrected chi connectivity index (χ3v) is 3.53. The van der Waals surface area contributed by atoms with Crippen LogP contribution in [-0.2, 0) is 0 Å². The van der Waals surface area contributed by atoms with Crippen LogP contribution in [0.3, 0.4) is 0 Å². The van der Waals surface area contributed by atoms with Gasteiger partial charge in [0.1, 0.15) is 0 Å². The van der Waals surface area contributed by atoms with Crippen LogP contribution in [0, 0.1) is 6.92 Å². The van der Waals surface area contributed by atoms with Crippen molar-refractivity contribution in [3.05, 3.63) is 24.0 Å². The molecule has 1 fully saturated rings. The van der Waals surface area contributed by atoms with Crippen molar-refractivity contribution in [2.24, 2.45) is 0 Å². The summed E-state index contributed by atoms with van der Waals surface area (Å²) in [7, 11) is 0. The number of aromatic nitrogens is 1. The number of nitrogens with one attached hydrogen (secondary N) is 1. The third kappa shape index (κ3) is 2.35. The van der Waals surface area contributed by atoms with Crippen LogP contribution in [0.1, 0.15) is 37.7 Å². The van der Waals surface area contributed by atoms with Crippen molar-refractivity contribution >= 4 is 5.69 Å². The zero-order valence-electron chi connectivity index (χ0n) is 9.87. The second-order valence-electron chi connectivity index (χ2n) is 4.81. The lowest BCUT2D eigenvalue weighted by molar-refractivity contribution is 0.173. The number of pyridine rings is 1. The van der Waals surface area contributed by atoms with Crippen LogP contribution < -0.4 is 5.32 Å². The van der Waals surface area contributed by atoms with Crippen molar-refractivity contribution in [3.63, 3.8) is 0 Å². The molecule has 0 bridgehead atoms. The molecule has 3 nitrogen and oxygen atoms in total. The second kappa shape index (κ2) is 4.83. The quantitative estimate of drug-likeness (QED) is 0.822. The fourth-order valence-corrected chi connectivity index (χ4v) is 2.45. The first kappa shape index (κ1) is 11.4. The van der Waals surface area contributed by atoms with E-state index in [-0.39, 0.29) is 12.1 Å². The summed E-state index contributed by atoms with van der Waals surface area (Å²) in [5.41, 5.74) is 2.14. The predicted molar refractivity (Wildman–Crippen MR) is 65.5 cm³/mol. The Morgan fingerprint density at radius 1 is 1.38 bits per heavy atom.